The number of benzene rings is 2. The third-order valence-corrected chi connectivity index (χ3v) is 6.96. The van der Waals surface area contributed by atoms with Crippen LogP contribution in [0.4, 0.5) is 5.69 Å². The molecule has 0 aromatic heterocycles. The van der Waals surface area contributed by atoms with Crippen molar-refractivity contribution in [1.82, 2.24) is 0 Å². The monoisotopic (exact) mass is 415 g/mol. The molecule has 2 aliphatic carbocycles. The van der Waals surface area contributed by atoms with Crippen molar-refractivity contribution in [3.05, 3.63) is 131 Å². The maximum atomic E-state index is 4.97. The summed E-state index contributed by atoms with van der Waals surface area (Å²) in [5.74, 6) is 0.270. The molecule has 1 spiro atoms. The van der Waals surface area contributed by atoms with Crippen LogP contribution in [0.3, 0.4) is 0 Å². The van der Waals surface area contributed by atoms with E-state index in [1.54, 1.807) is 0 Å². The van der Waals surface area contributed by atoms with E-state index >= 15 is 0 Å². The Kier molecular flexibility index (Phi) is 5.27. The molecule has 2 unspecified atom stereocenters. The first-order valence-corrected chi connectivity index (χ1v) is 11.4. The summed E-state index contributed by atoms with van der Waals surface area (Å²) in [6, 6.07) is 15.7. The largest absolute Gasteiger partial charge is 0.257 e. The van der Waals surface area contributed by atoms with Gasteiger partial charge in [0.25, 0.3) is 0 Å². The number of aliphatic imine (C=N–C) groups is 1. The quantitative estimate of drug-likeness (QED) is 0.414. The number of fused-ring (bicyclic) bond motifs is 7. The minimum Gasteiger partial charge on any atom is -0.257 e. The predicted molar refractivity (Wildman–Crippen MR) is 138 cm³/mol. The molecule has 1 heteroatoms. The summed E-state index contributed by atoms with van der Waals surface area (Å²) >= 11 is 0. The molecule has 158 valence electrons. The maximum Gasteiger partial charge on any atom is 0.0676 e. The molecule has 0 radical (unpaired) electrons. The fourth-order valence-electron chi connectivity index (χ4n) is 5.48. The van der Waals surface area contributed by atoms with Gasteiger partial charge in [-0.05, 0) is 67.2 Å². The average Bonchev–Trinajstić information content (AvgIpc) is 3.37. The van der Waals surface area contributed by atoms with E-state index in [9.17, 15) is 0 Å². The lowest BCUT2D eigenvalue weighted by atomic mass is 9.64. The van der Waals surface area contributed by atoms with Gasteiger partial charge in [0.05, 0.1) is 11.1 Å². The van der Waals surface area contributed by atoms with Crippen molar-refractivity contribution in [3.63, 3.8) is 0 Å². The molecule has 0 saturated carbocycles. The van der Waals surface area contributed by atoms with Gasteiger partial charge < -0.3 is 0 Å². The van der Waals surface area contributed by atoms with Gasteiger partial charge in [0, 0.05) is 12.1 Å². The first-order valence-electron chi connectivity index (χ1n) is 11.4. The van der Waals surface area contributed by atoms with Gasteiger partial charge in [-0.25, -0.2) is 0 Å². The van der Waals surface area contributed by atoms with Crippen molar-refractivity contribution < 1.29 is 0 Å². The molecule has 0 fully saturated rings. The Labute approximate surface area is 191 Å². The molecule has 32 heavy (non-hydrogen) atoms. The summed E-state index contributed by atoms with van der Waals surface area (Å²) in [5.41, 5.74) is 10.1. The lowest BCUT2D eigenvalue weighted by molar-refractivity contribution is 0.552. The van der Waals surface area contributed by atoms with Gasteiger partial charge in [-0.1, -0.05) is 96.2 Å². The van der Waals surface area contributed by atoms with Crippen LogP contribution >= 0.6 is 0 Å². The molecular formula is C31H29N. The van der Waals surface area contributed by atoms with Crippen LogP contribution in [0.5, 0.6) is 0 Å². The lowest BCUT2D eigenvalue weighted by Gasteiger charge is -2.38. The molecule has 1 heterocycles. The van der Waals surface area contributed by atoms with Crippen LogP contribution < -0.4 is 0 Å². The van der Waals surface area contributed by atoms with Gasteiger partial charge in [-0.3, -0.25) is 4.99 Å². The van der Waals surface area contributed by atoms with Crippen LogP contribution in [0.25, 0.3) is 5.57 Å². The van der Waals surface area contributed by atoms with Crippen molar-refractivity contribution in [1.29, 1.82) is 0 Å². The van der Waals surface area contributed by atoms with E-state index in [2.05, 4.69) is 112 Å². The molecule has 3 aliphatic rings. The van der Waals surface area contributed by atoms with Crippen LogP contribution in [-0.4, -0.2) is 6.21 Å². The second-order valence-corrected chi connectivity index (χ2v) is 9.02. The Morgan fingerprint density at radius 3 is 2.62 bits per heavy atom. The van der Waals surface area contributed by atoms with E-state index in [4.69, 9.17) is 4.99 Å². The summed E-state index contributed by atoms with van der Waals surface area (Å²) in [7, 11) is 0. The minimum absolute atomic E-state index is 0.270. The maximum absolute atomic E-state index is 4.97. The Morgan fingerprint density at radius 2 is 1.72 bits per heavy atom. The molecule has 1 aliphatic heterocycles. The van der Waals surface area contributed by atoms with Crippen molar-refractivity contribution >= 4 is 17.5 Å². The highest BCUT2D eigenvalue weighted by atomic mass is 14.7. The van der Waals surface area contributed by atoms with Crippen molar-refractivity contribution in [2.75, 3.05) is 0 Å². The highest BCUT2D eigenvalue weighted by Crippen LogP contribution is 2.60. The third-order valence-electron chi connectivity index (χ3n) is 6.96. The van der Waals surface area contributed by atoms with E-state index in [0.29, 0.717) is 0 Å². The molecule has 5 rings (SSSR count). The summed E-state index contributed by atoms with van der Waals surface area (Å²) in [6.45, 7) is 6.60. The van der Waals surface area contributed by atoms with Gasteiger partial charge >= 0.3 is 0 Å². The van der Waals surface area contributed by atoms with E-state index in [-0.39, 0.29) is 11.3 Å². The van der Waals surface area contributed by atoms with E-state index < -0.39 is 0 Å². The molecule has 2 aromatic rings. The number of allylic oxidation sites excluding steroid dienone is 12. The van der Waals surface area contributed by atoms with Gasteiger partial charge in [-0.2, -0.15) is 0 Å². The number of hydrogen-bond acceptors (Lipinski definition) is 1. The molecular weight excluding hydrogens is 386 g/mol. The van der Waals surface area contributed by atoms with Crippen LogP contribution in [0, 0.1) is 12.8 Å². The highest BCUT2D eigenvalue weighted by molar-refractivity contribution is 5.87. The summed E-state index contributed by atoms with van der Waals surface area (Å²) in [5, 5.41) is 0. The minimum atomic E-state index is -0.279. The van der Waals surface area contributed by atoms with Crippen LogP contribution in [0.1, 0.15) is 42.5 Å². The summed E-state index contributed by atoms with van der Waals surface area (Å²) < 4.78 is 0. The molecule has 0 N–H and O–H groups in total. The zero-order chi connectivity index (χ0) is 22.1. The normalized spacial score (nSPS) is 30.1. The first-order chi connectivity index (χ1) is 15.6. The smallest absolute Gasteiger partial charge is 0.0676 e. The fourth-order valence-corrected chi connectivity index (χ4v) is 5.48. The van der Waals surface area contributed by atoms with Gasteiger partial charge in [0.15, 0.2) is 0 Å². The first kappa shape index (κ1) is 20.5. The van der Waals surface area contributed by atoms with Gasteiger partial charge in [0.2, 0.25) is 0 Å². The number of hydrogen-bond donors (Lipinski definition) is 0. The average molecular weight is 416 g/mol. The van der Waals surface area contributed by atoms with E-state index in [0.717, 1.165) is 12.1 Å². The second kappa shape index (κ2) is 8.24. The zero-order valence-electron chi connectivity index (χ0n) is 19.0. The SMILES string of the molecule is C\C1=C/C=C\C=N\c2cc(C)ccc2C2(/C(C)=C/C=C\C1)c1ccccc1C1=CC=CC12. The van der Waals surface area contributed by atoms with Gasteiger partial charge in [-0.15, -0.1) is 0 Å². The van der Waals surface area contributed by atoms with Crippen LogP contribution in [0.15, 0.2) is 113 Å². The topological polar surface area (TPSA) is 12.4 Å². The Morgan fingerprint density at radius 1 is 0.844 bits per heavy atom. The van der Waals surface area contributed by atoms with E-state index in [1.807, 2.05) is 12.3 Å². The second-order valence-electron chi connectivity index (χ2n) is 9.02. The number of aryl methyl sites for hydroxylation is 1. The fraction of sp³-hybridized carbons (Fsp3) is 0.194. The standard InChI is InChI=1S/C31H29N/c1-22-11-4-5-13-24(3)31(27-16-7-6-14-25(27)26-15-10-17-28(26)31)29-19-18-23(2)21-30(29)32-20-9-8-12-22/h4-10,12-21,28H,11H2,1-3H3/b5-4-,9-8-,22-12+,24-13+,32-20+. The number of nitrogens with zero attached hydrogens (tertiary/aromatic N) is 1. The van der Waals surface area contributed by atoms with Crippen molar-refractivity contribution in [2.24, 2.45) is 10.9 Å². The molecule has 0 bridgehead atoms. The Hall–Kier alpha value is -3.45. The molecule has 2 aromatic carbocycles. The third kappa shape index (κ3) is 3.20. The predicted octanol–water partition coefficient (Wildman–Crippen LogP) is 7.98. The highest BCUT2D eigenvalue weighted by Gasteiger charge is 2.52. The Balaban J connectivity index is 1.85. The van der Waals surface area contributed by atoms with Crippen molar-refractivity contribution in [3.8, 4) is 0 Å². The van der Waals surface area contributed by atoms with Crippen LogP contribution in [-0.2, 0) is 5.41 Å². The zero-order valence-corrected chi connectivity index (χ0v) is 19.0. The summed E-state index contributed by atoms with van der Waals surface area (Å²) in [4.78, 5) is 4.97. The molecule has 2 atom stereocenters. The Bertz CT molecular complexity index is 1280. The number of rotatable bonds is 0. The molecule has 0 amide bonds. The summed E-state index contributed by atoms with van der Waals surface area (Å²) in [6.07, 6.45) is 22.8. The molecule has 0 saturated heterocycles. The van der Waals surface area contributed by atoms with Crippen LogP contribution in [0.2, 0.25) is 0 Å². The lowest BCUT2D eigenvalue weighted by Crippen LogP contribution is -2.33. The van der Waals surface area contributed by atoms with Gasteiger partial charge in [0.1, 0.15) is 0 Å². The molecule has 1 nitrogen and oxygen atoms in total. The van der Waals surface area contributed by atoms with E-state index in [1.165, 1.54) is 39.0 Å². The van der Waals surface area contributed by atoms with Crippen molar-refractivity contribution in [2.45, 2.75) is 32.6 Å².